The number of carbonyl (C=O) groups is 1. The molecular weight excluding hydrogens is 266 g/mol. The molecule has 0 bridgehead atoms. The summed E-state index contributed by atoms with van der Waals surface area (Å²) in [5.74, 6) is 0.131. The summed E-state index contributed by atoms with van der Waals surface area (Å²) in [7, 11) is 0. The van der Waals surface area contributed by atoms with E-state index < -0.39 is 0 Å². The van der Waals surface area contributed by atoms with Crippen molar-refractivity contribution in [3.63, 3.8) is 0 Å². The van der Waals surface area contributed by atoms with Crippen molar-refractivity contribution >= 4 is 11.7 Å². The number of carbonyl (C=O) groups excluding carboxylic acids is 1. The number of rotatable bonds is 1. The quantitative estimate of drug-likeness (QED) is 0.744. The third-order valence-electron chi connectivity index (χ3n) is 4.03. The molecule has 1 saturated heterocycles. The largest absolute Gasteiger partial charge is 0.508 e. The maximum Gasteiger partial charge on any atom is 0.322 e. The van der Waals surface area contributed by atoms with Gasteiger partial charge >= 0.3 is 6.03 Å². The molecule has 5 nitrogen and oxygen atoms in total. The molecule has 1 aromatic carbocycles. The summed E-state index contributed by atoms with van der Waals surface area (Å²) >= 11 is 0. The van der Waals surface area contributed by atoms with Crippen LogP contribution in [-0.2, 0) is 0 Å². The van der Waals surface area contributed by atoms with Gasteiger partial charge in [0.15, 0.2) is 0 Å². The number of phenolic OH excluding ortho intramolecular Hbond substituents is 1. The number of anilines is 1. The van der Waals surface area contributed by atoms with Gasteiger partial charge in [0, 0.05) is 28.9 Å². The molecule has 116 valence electrons. The van der Waals surface area contributed by atoms with Gasteiger partial charge in [0.25, 0.3) is 0 Å². The fraction of sp³-hybridized carbons (Fsp3) is 0.562. The van der Waals surface area contributed by atoms with Crippen LogP contribution in [0.25, 0.3) is 0 Å². The molecule has 0 spiro atoms. The number of nitrogens with zero attached hydrogens (tertiary/aromatic N) is 1. The van der Waals surface area contributed by atoms with E-state index in [-0.39, 0.29) is 28.9 Å². The first-order chi connectivity index (χ1) is 9.62. The molecule has 2 rings (SSSR count). The monoisotopic (exact) mass is 291 g/mol. The maximum atomic E-state index is 12.7. The third-order valence-corrected chi connectivity index (χ3v) is 4.03. The average molecular weight is 291 g/mol. The van der Waals surface area contributed by atoms with Crippen molar-refractivity contribution < 1.29 is 9.90 Å². The molecular formula is C16H25N3O2. The fourth-order valence-electron chi connectivity index (χ4n) is 3.67. The molecule has 2 amide bonds. The smallest absolute Gasteiger partial charge is 0.322 e. The van der Waals surface area contributed by atoms with Crippen LogP contribution in [0.3, 0.4) is 0 Å². The molecule has 0 aliphatic carbocycles. The summed E-state index contributed by atoms with van der Waals surface area (Å²) in [4.78, 5) is 14.6. The Kier molecular flexibility index (Phi) is 3.89. The number of amides is 2. The van der Waals surface area contributed by atoms with Gasteiger partial charge in [-0.2, -0.15) is 0 Å². The molecule has 1 heterocycles. The minimum Gasteiger partial charge on any atom is -0.508 e. The van der Waals surface area contributed by atoms with Crippen LogP contribution >= 0.6 is 0 Å². The number of phenols is 1. The lowest BCUT2D eigenvalue weighted by molar-refractivity contribution is 0.00877. The van der Waals surface area contributed by atoms with Crippen LogP contribution in [-0.4, -0.2) is 33.2 Å². The van der Waals surface area contributed by atoms with Crippen LogP contribution in [0.15, 0.2) is 24.3 Å². The van der Waals surface area contributed by atoms with Gasteiger partial charge in [-0.3, -0.25) is 0 Å². The van der Waals surface area contributed by atoms with Gasteiger partial charge in [-0.1, -0.05) is 6.07 Å². The predicted molar refractivity (Wildman–Crippen MR) is 84.3 cm³/mol. The minimum atomic E-state index is -0.317. The van der Waals surface area contributed by atoms with Crippen molar-refractivity contribution in [2.24, 2.45) is 5.73 Å². The average Bonchev–Trinajstić information content (AvgIpc) is 2.23. The molecule has 1 aliphatic rings. The molecule has 1 fully saturated rings. The Morgan fingerprint density at radius 3 is 2.38 bits per heavy atom. The fourth-order valence-corrected chi connectivity index (χ4v) is 3.67. The minimum absolute atomic E-state index is 0.0971. The zero-order valence-electron chi connectivity index (χ0n) is 13.2. The number of likely N-dealkylation sites (tertiary alicyclic amines) is 1. The van der Waals surface area contributed by atoms with Gasteiger partial charge in [0.1, 0.15) is 5.75 Å². The maximum absolute atomic E-state index is 12.7. The number of hydrogen-bond acceptors (Lipinski definition) is 3. The van der Waals surface area contributed by atoms with E-state index in [1.54, 1.807) is 18.2 Å². The standard InChI is InChI=1S/C16H25N3O2/c1-15(2)9-11(17)10-16(3,4)19(15)14(21)18-12-6-5-7-13(20)8-12/h5-8,11,20H,9-10,17H2,1-4H3,(H,18,21). The van der Waals surface area contributed by atoms with E-state index in [2.05, 4.69) is 5.32 Å². The summed E-state index contributed by atoms with van der Waals surface area (Å²) in [6, 6.07) is 6.50. The van der Waals surface area contributed by atoms with Crippen LogP contribution < -0.4 is 11.1 Å². The van der Waals surface area contributed by atoms with Crippen molar-refractivity contribution in [3.8, 4) is 5.75 Å². The van der Waals surface area contributed by atoms with Crippen molar-refractivity contribution in [3.05, 3.63) is 24.3 Å². The van der Waals surface area contributed by atoms with E-state index in [1.165, 1.54) is 6.07 Å². The van der Waals surface area contributed by atoms with Crippen molar-refractivity contribution in [2.45, 2.75) is 57.7 Å². The highest BCUT2D eigenvalue weighted by molar-refractivity contribution is 5.90. The number of aromatic hydroxyl groups is 1. The molecule has 5 heteroatoms. The summed E-state index contributed by atoms with van der Waals surface area (Å²) in [6.45, 7) is 8.15. The van der Waals surface area contributed by atoms with Gasteiger partial charge in [-0.25, -0.2) is 4.79 Å². The van der Waals surface area contributed by atoms with Gasteiger partial charge in [0.2, 0.25) is 0 Å². The Hall–Kier alpha value is -1.75. The Bertz CT molecular complexity index is 522. The van der Waals surface area contributed by atoms with Crippen molar-refractivity contribution in [1.82, 2.24) is 4.90 Å². The molecule has 0 radical (unpaired) electrons. The van der Waals surface area contributed by atoms with Crippen LogP contribution in [0.5, 0.6) is 5.75 Å². The first kappa shape index (κ1) is 15.6. The summed E-state index contributed by atoms with van der Waals surface area (Å²) < 4.78 is 0. The highest BCUT2D eigenvalue weighted by atomic mass is 16.3. The number of nitrogens with two attached hydrogens (primary N) is 1. The molecule has 0 unspecified atom stereocenters. The van der Waals surface area contributed by atoms with Gasteiger partial charge < -0.3 is 21.1 Å². The number of nitrogens with one attached hydrogen (secondary N) is 1. The third kappa shape index (κ3) is 3.29. The SMILES string of the molecule is CC1(C)CC(N)CC(C)(C)N1C(=O)Nc1cccc(O)c1. The van der Waals surface area contributed by atoms with E-state index >= 15 is 0 Å². The van der Waals surface area contributed by atoms with Crippen LogP contribution in [0.4, 0.5) is 10.5 Å². The van der Waals surface area contributed by atoms with Gasteiger partial charge in [-0.15, -0.1) is 0 Å². The number of urea groups is 1. The van der Waals surface area contributed by atoms with Gasteiger partial charge in [-0.05, 0) is 52.7 Å². The summed E-state index contributed by atoms with van der Waals surface area (Å²) in [5, 5.41) is 12.4. The van der Waals surface area contributed by atoms with Crippen LogP contribution in [0, 0.1) is 0 Å². The van der Waals surface area contributed by atoms with Crippen molar-refractivity contribution in [2.75, 3.05) is 5.32 Å². The first-order valence-corrected chi connectivity index (χ1v) is 7.28. The number of piperidine rings is 1. The molecule has 0 atom stereocenters. The summed E-state index contributed by atoms with van der Waals surface area (Å²) in [6.07, 6.45) is 1.54. The highest BCUT2D eigenvalue weighted by Gasteiger charge is 2.46. The second kappa shape index (κ2) is 5.22. The predicted octanol–water partition coefficient (Wildman–Crippen LogP) is 2.90. The second-order valence-corrected chi connectivity index (χ2v) is 7.11. The van der Waals surface area contributed by atoms with Crippen molar-refractivity contribution in [1.29, 1.82) is 0 Å². The molecule has 4 N–H and O–H groups in total. The lowest BCUT2D eigenvalue weighted by atomic mass is 9.77. The Morgan fingerprint density at radius 2 is 1.86 bits per heavy atom. The Morgan fingerprint density at radius 1 is 1.29 bits per heavy atom. The molecule has 1 aromatic rings. The Labute approximate surface area is 126 Å². The molecule has 1 aliphatic heterocycles. The molecule has 0 aromatic heterocycles. The lowest BCUT2D eigenvalue weighted by Gasteiger charge is -2.54. The van der Waals surface area contributed by atoms with Crippen LogP contribution in [0.1, 0.15) is 40.5 Å². The lowest BCUT2D eigenvalue weighted by Crippen LogP contribution is -2.66. The normalized spacial score (nSPS) is 21.1. The van der Waals surface area contributed by atoms with Crippen LogP contribution in [0.2, 0.25) is 0 Å². The summed E-state index contributed by atoms with van der Waals surface area (Å²) in [5.41, 5.74) is 6.08. The van der Waals surface area contributed by atoms with Gasteiger partial charge in [0.05, 0.1) is 0 Å². The zero-order valence-corrected chi connectivity index (χ0v) is 13.2. The first-order valence-electron chi connectivity index (χ1n) is 7.28. The van der Waals surface area contributed by atoms with E-state index in [0.717, 1.165) is 12.8 Å². The number of hydrogen-bond donors (Lipinski definition) is 3. The van der Waals surface area contributed by atoms with E-state index in [1.807, 2.05) is 32.6 Å². The van der Waals surface area contributed by atoms with E-state index in [9.17, 15) is 9.90 Å². The topological polar surface area (TPSA) is 78.6 Å². The molecule has 21 heavy (non-hydrogen) atoms. The highest BCUT2D eigenvalue weighted by Crippen LogP contribution is 2.38. The number of benzene rings is 1. The molecule has 0 saturated carbocycles. The van der Waals surface area contributed by atoms with E-state index in [4.69, 9.17) is 5.73 Å². The Balaban J connectivity index is 2.24. The second-order valence-electron chi connectivity index (χ2n) is 7.11. The zero-order chi connectivity index (χ0) is 15.8. The van der Waals surface area contributed by atoms with E-state index in [0.29, 0.717) is 5.69 Å².